The minimum atomic E-state index is -0.300. The molecule has 2 heterocycles. The van der Waals surface area contributed by atoms with Gasteiger partial charge in [-0.05, 0) is 36.4 Å². The standard InChI is InChI=1S/C13H11N3O2/c17-13(11-4-1-7-14-10-11)16-15-8-2-5-12-6-3-9-18-12/h1-10H,(H,16,17)/b5-2+,15-8?. The lowest BCUT2D eigenvalue weighted by Gasteiger charge is -1.96. The molecule has 0 aliphatic rings. The number of nitrogens with one attached hydrogen (secondary N) is 1. The smallest absolute Gasteiger partial charge is 0.272 e. The highest BCUT2D eigenvalue weighted by atomic mass is 16.3. The monoisotopic (exact) mass is 241 g/mol. The average molecular weight is 241 g/mol. The van der Waals surface area contributed by atoms with Crippen molar-refractivity contribution in [1.29, 1.82) is 0 Å². The first kappa shape index (κ1) is 11.8. The Balaban J connectivity index is 1.83. The van der Waals surface area contributed by atoms with Gasteiger partial charge in [0.2, 0.25) is 0 Å². The molecule has 1 amide bonds. The maximum Gasteiger partial charge on any atom is 0.272 e. The zero-order valence-corrected chi connectivity index (χ0v) is 9.48. The number of hydrogen-bond donors (Lipinski definition) is 1. The Morgan fingerprint density at radius 3 is 3.06 bits per heavy atom. The summed E-state index contributed by atoms with van der Waals surface area (Å²) in [5, 5.41) is 3.77. The summed E-state index contributed by atoms with van der Waals surface area (Å²) in [6, 6.07) is 6.96. The minimum Gasteiger partial charge on any atom is -0.465 e. The molecule has 2 aromatic heterocycles. The van der Waals surface area contributed by atoms with Crippen molar-refractivity contribution in [3.63, 3.8) is 0 Å². The molecule has 0 aromatic carbocycles. The zero-order valence-electron chi connectivity index (χ0n) is 9.48. The number of amides is 1. The van der Waals surface area contributed by atoms with Crippen LogP contribution in [0.25, 0.3) is 6.08 Å². The second-order valence-corrected chi connectivity index (χ2v) is 3.34. The topological polar surface area (TPSA) is 67.5 Å². The number of carbonyl (C=O) groups excluding carboxylic acids is 1. The van der Waals surface area contributed by atoms with Crippen LogP contribution < -0.4 is 5.43 Å². The van der Waals surface area contributed by atoms with Crippen LogP contribution in [0.4, 0.5) is 0 Å². The Morgan fingerprint density at radius 2 is 2.33 bits per heavy atom. The molecule has 0 bridgehead atoms. The second-order valence-electron chi connectivity index (χ2n) is 3.34. The molecule has 2 rings (SSSR count). The highest BCUT2D eigenvalue weighted by molar-refractivity contribution is 5.94. The maximum atomic E-state index is 11.5. The summed E-state index contributed by atoms with van der Waals surface area (Å²) >= 11 is 0. The van der Waals surface area contributed by atoms with E-state index < -0.39 is 0 Å². The van der Waals surface area contributed by atoms with Crippen LogP contribution in [-0.4, -0.2) is 17.1 Å². The van der Waals surface area contributed by atoms with E-state index >= 15 is 0 Å². The van der Waals surface area contributed by atoms with E-state index in [0.29, 0.717) is 5.56 Å². The summed E-state index contributed by atoms with van der Waals surface area (Å²) in [5.41, 5.74) is 2.85. The largest absolute Gasteiger partial charge is 0.465 e. The molecule has 1 N–H and O–H groups in total. The molecule has 0 radical (unpaired) electrons. The number of rotatable bonds is 4. The third-order valence-electron chi connectivity index (χ3n) is 2.05. The Bertz CT molecular complexity index is 545. The Morgan fingerprint density at radius 1 is 1.39 bits per heavy atom. The quantitative estimate of drug-likeness (QED) is 0.658. The number of aromatic nitrogens is 1. The van der Waals surface area contributed by atoms with Gasteiger partial charge in [-0.1, -0.05) is 0 Å². The number of furan rings is 1. The number of carbonyl (C=O) groups is 1. The van der Waals surface area contributed by atoms with Gasteiger partial charge in [0.25, 0.3) is 5.91 Å². The van der Waals surface area contributed by atoms with Crippen LogP contribution in [-0.2, 0) is 0 Å². The fourth-order valence-electron chi connectivity index (χ4n) is 1.22. The van der Waals surface area contributed by atoms with Gasteiger partial charge < -0.3 is 4.42 Å². The van der Waals surface area contributed by atoms with Crippen molar-refractivity contribution in [3.8, 4) is 0 Å². The molecule has 5 nitrogen and oxygen atoms in total. The molecule has 0 aliphatic carbocycles. The van der Waals surface area contributed by atoms with Crippen LogP contribution in [0.2, 0.25) is 0 Å². The average Bonchev–Trinajstić information content (AvgIpc) is 2.92. The number of hydrogen-bond acceptors (Lipinski definition) is 4. The van der Waals surface area contributed by atoms with Crippen molar-refractivity contribution in [3.05, 3.63) is 60.3 Å². The molecule has 0 atom stereocenters. The van der Waals surface area contributed by atoms with E-state index in [1.54, 1.807) is 42.8 Å². The van der Waals surface area contributed by atoms with Gasteiger partial charge in [-0.2, -0.15) is 5.10 Å². The van der Waals surface area contributed by atoms with Crippen LogP contribution in [0.5, 0.6) is 0 Å². The summed E-state index contributed by atoms with van der Waals surface area (Å²) in [6.07, 6.45) is 9.54. The zero-order chi connectivity index (χ0) is 12.6. The van der Waals surface area contributed by atoms with E-state index in [-0.39, 0.29) is 5.91 Å². The van der Waals surface area contributed by atoms with E-state index in [4.69, 9.17) is 4.42 Å². The van der Waals surface area contributed by atoms with Gasteiger partial charge in [-0.25, -0.2) is 5.43 Å². The van der Waals surface area contributed by atoms with Gasteiger partial charge in [-0.3, -0.25) is 9.78 Å². The molecule has 0 spiro atoms. The predicted octanol–water partition coefficient (Wildman–Crippen LogP) is 2.10. The second kappa shape index (κ2) is 6.15. The number of pyridine rings is 1. The third kappa shape index (κ3) is 3.41. The van der Waals surface area contributed by atoms with Crippen molar-refractivity contribution in [2.75, 3.05) is 0 Å². The first-order valence-electron chi connectivity index (χ1n) is 5.30. The first-order chi connectivity index (χ1) is 8.86. The summed E-state index contributed by atoms with van der Waals surface area (Å²) in [7, 11) is 0. The molecule has 18 heavy (non-hydrogen) atoms. The summed E-state index contributed by atoms with van der Waals surface area (Å²) < 4.78 is 5.09. The molecular weight excluding hydrogens is 230 g/mol. The van der Waals surface area contributed by atoms with Crippen LogP contribution >= 0.6 is 0 Å². The van der Waals surface area contributed by atoms with Crippen molar-refractivity contribution >= 4 is 18.2 Å². The molecule has 0 unspecified atom stereocenters. The molecule has 0 fully saturated rings. The molecule has 5 heteroatoms. The van der Waals surface area contributed by atoms with Gasteiger partial charge in [-0.15, -0.1) is 0 Å². The summed E-state index contributed by atoms with van der Waals surface area (Å²) in [5.74, 6) is 0.422. The van der Waals surface area contributed by atoms with Crippen LogP contribution in [0.3, 0.4) is 0 Å². The van der Waals surface area contributed by atoms with E-state index in [2.05, 4.69) is 15.5 Å². The molecular formula is C13H11N3O2. The van der Waals surface area contributed by atoms with Crippen LogP contribution in [0.1, 0.15) is 16.1 Å². The predicted molar refractivity (Wildman–Crippen MR) is 67.9 cm³/mol. The van der Waals surface area contributed by atoms with Gasteiger partial charge in [0.15, 0.2) is 0 Å². The minimum absolute atomic E-state index is 0.300. The Labute approximate surface area is 104 Å². The first-order valence-corrected chi connectivity index (χ1v) is 5.30. The van der Waals surface area contributed by atoms with E-state index in [1.807, 2.05) is 6.07 Å². The van der Waals surface area contributed by atoms with E-state index in [0.717, 1.165) is 5.76 Å². The lowest BCUT2D eigenvalue weighted by Crippen LogP contribution is -2.17. The van der Waals surface area contributed by atoms with Gasteiger partial charge in [0, 0.05) is 18.6 Å². The van der Waals surface area contributed by atoms with Gasteiger partial charge in [0.05, 0.1) is 11.8 Å². The number of nitrogens with zero attached hydrogens (tertiary/aromatic N) is 2. The lowest BCUT2D eigenvalue weighted by molar-refractivity contribution is 0.0955. The Kier molecular flexibility index (Phi) is 4.02. The highest BCUT2D eigenvalue weighted by Gasteiger charge is 2.01. The van der Waals surface area contributed by atoms with Crippen molar-refractivity contribution in [2.45, 2.75) is 0 Å². The van der Waals surface area contributed by atoms with E-state index in [9.17, 15) is 4.79 Å². The molecule has 0 saturated carbocycles. The molecule has 0 aliphatic heterocycles. The third-order valence-corrected chi connectivity index (χ3v) is 2.05. The number of allylic oxidation sites excluding steroid dienone is 1. The maximum absolute atomic E-state index is 11.5. The van der Waals surface area contributed by atoms with Crippen LogP contribution in [0, 0.1) is 0 Å². The molecule has 0 saturated heterocycles. The SMILES string of the molecule is O=C(NN=C/C=C/c1ccco1)c1cccnc1. The summed E-state index contributed by atoms with van der Waals surface area (Å²) in [6.45, 7) is 0. The molecule has 2 aromatic rings. The highest BCUT2D eigenvalue weighted by Crippen LogP contribution is 2.00. The Hall–Kier alpha value is -2.69. The fourth-order valence-corrected chi connectivity index (χ4v) is 1.22. The van der Waals surface area contributed by atoms with Gasteiger partial charge in [0.1, 0.15) is 5.76 Å². The normalized spacial score (nSPS) is 11.1. The van der Waals surface area contributed by atoms with Crippen LogP contribution in [0.15, 0.2) is 58.5 Å². The molecule has 90 valence electrons. The van der Waals surface area contributed by atoms with E-state index in [1.165, 1.54) is 12.4 Å². The lowest BCUT2D eigenvalue weighted by atomic mass is 10.3. The summed E-state index contributed by atoms with van der Waals surface area (Å²) in [4.78, 5) is 15.4. The fraction of sp³-hybridized carbons (Fsp3) is 0. The van der Waals surface area contributed by atoms with Crippen molar-refractivity contribution < 1.29 is 9.21 Å². The van der Waals surface area contributed by atoms with Gasteiger partial charge >= 0.3 is 0 Å². The van der Waals surface area contributed by atoms with Crippen molar-refractivity contribution in [2.24, 2.45) is 5.10 Å². The number of hydrazone groups is 1. The van der Waals surface area contributed by atoms with Crippen molar-refractivity contribution in [1.82, 2.24) is 10.4 Å².